The number of nitrogens with one attached hydrogen (secondary N) is 1. The first-order valence-electron chi connectivity index (χ1n) is 7.50. The van der Waals surface area contributed by atoms with E-state index in [-0.39, 0.29) is 6.03 Å². The normalized spacial score (nSPS) is 20.8. The fraction of sp³-hybridized carbons (Fsp3) is 0.562. The molecular formula is C16H22N2O3. The molecule has 1 aromatic carbocycles. The lowest BCUT2D eigenvalue weighted by molar-refractivity contribution is -0.181. The summed E-state index contributed by atoms with van der Waals surface area (Å²) in [5, 5.41) is 3.01. The van der Waals surface area contributed by atoms with Crippen LogP contribution < -0.4 is 5.32 Å². The van der Waals surface area contributed by atoms with Gasteiger partial charge < -0.3 is 19.7 Å². The van der Waals surface area contributed by atoms with E-state index in [1.807, 2.05) is 36.9 Å². The molecule has 5 heteroatoms. The second-order valence-corrected chi connectivity index (χ2v) is 5.77. The number of piperidine rings is 1. The lowest BCUT2D eigenvalue weighted by Crippen LogP contribution is -2.48. The second kappa shape index (κ2) is 5.66. The van der Waals surface area contributed by atoms with E-state index in [1.54, 1.807) is 0 Å². The molecule has 0 aromatic heterocycles. The SMILES string of the molecule is Cc1cccc(NC(=O)N2CCC3(CC2)OCCO3)c1C. The van der Waals surface area contributed by atoms with E-state index in [9.17, 15) is 4.79 Å². The number of anilines is 1. The molecule has 0 saturated carbocycles. The summed E-state index contributed by atoms with van der Waals surface area (Å²) < 4.78 is 11.4. The molecule has 1 aromatic rings. The van der Waals surface area contributed by atoms with E-state index >= 15 is 0 Å². The number of rotatable bonds is 1. The maximum atomic E-state index is 12.4. The summed E-state index contributed by atoms with van der Waals surface area (Å²) in [6.07, 6.45) is 1.49. The van der Waals surface area contributed by atoms with Crippen molar-refractivity contribution in [1.82, 2.24) is 4.90 Å². The largest absolute Gasteiger partial charge is 0.347 e. The van der Waals surface area contributed by atoms with Gasteiger partial charge >= 0.3 is 6.03 Å². The van der Waals surface area contributed by atoms with Gasteiger partial charge in [-0.2, -0.15) is 0 Å². The fourth-order valence-electron chi connectivity index (χ4n) is 2.92. The molecule has 3 rings (SSSR count). The summed E-state index contributed by atoms with van der Waals surface area (Å²) in [4.78, 5) is 14.2. The molecule has 1 spiro atoms. The molecule has 2 heterocycles. The Kier molecular flexibility index (Phi) is 3.87. The van der Waals surface area contributed by atoms with Gasteiger partial charge in [0.05, 0.1) is 13.2 Å². The molecule has 2 saturated heterocycles. The highest BCUT2D eigenvalue weighted by molar-refractivity contribution is 5.90. The first kappa shape index (κ1) is 14.4. The Morgan fingerprint density at radius 2 is 1.86 bits per heavy atom. The van der Waals surface area contributed by atoms with Crippen molar-refractivity contribution in [3.05, 3.63) is 29.3 Å². The first-order chi connectivity index (χ1) is 10.1. The molecule has 0 unspecified atom stereocenters. The smallest absolute Gasteiger partial charge is 0.321 e. The van der Waals surface area contributed by atoms with E-state index in [0.717, 1.165) is 24.1 Å². The Morgan fingerprint density at radius 3 is 2.52 bits per heavy atom. The Morgan fingerprint density at radius 1 is 1.19 bits per heavy atom. The number of aryl methyl sites for hydroxylation is 1. The van der Waals surface area contributed by atoms with E-state index in [0.29, 0.717) is 26.3 Å². The van der Waals surface area contributed by atoms with E-state index in [4.69, 9.17) is 9.47 Å². The van der Waals surface area contributed by atoms with Crippen molar-refractivity contribution in [2.75, 3.05) is 31.6 Å². The summed E-state index contributed by atoms with van der Waals surface area (Å²) in [6, 6.07) is 5.90. The van der Waals surface area contributed by atoms with Crippen LogP contribution in [0, 0.1) is 13.8 Å². The minimum atomic E-state index is -0.434. The van der Waals surface area contributed by atoms with Crippen LogP contribution in [0.1, 0.15) is 24.0 Å². The molecule has 2 amide bonds. The molecule has 2 fully saturated rings. The van der Waals surface area contributed by atoms with Gasteiger partial charge in [-0.1, -0.05) is 12.1 Å². The standard InChI is InChI=1S/C16H22N2O3/c1-12-4-3-5-14(13(12)2)17-15(19)18-8-6-16(7-9-18)20-10-11-21-16/h3-5H,6-11H2,1-2H3,(H,17,19). The van der Waals surface area contributed by atoms with Gasteiger partial charge in [-0.05, 0) is 31.0 Å². The number of carbonyl (C=O) groups excluding carboxylic acids is 1. The average molecular weight is 290 g/mol. The van der Waals surface area contributed by atoms with Crippen molar-refractivity contribution in [1.29, 1.82) is 0 Å². The summed E-state index contributed by atoms with van der Waals surface area (Å²) >= 11 is 0. The highest BCUT2D eigenvalue weighted by Crippen LogP contribution is 2.31. The molecule has 0 bridgehead atoms. The molecular weight excluding hydrogens is 268 g/mol. The van der Waals surface area contributed by atoms with Gasteiger partial charge in [-0.25, -0.2) is 4.79 Å². The number of hydrogen-bond donors (Lipinski definition) is 1. The van der Waals surface area contributed by atoms with Crippen LogP contribution in [0.3, 0.4) is 0 Å². The van der Waals surface area contributed by atoms with E-state index in [1.165, 1.54) is 5.56 Å². The van der Waals surface area contributed by atoms with E-state index < -0.39 is 5.79 Å². The van der Waals surface area contributed by atoms with Crippen LogP contribution in [0.4, 0.5) is 10.5 Å². The van der Waals surface area contributed by atoms with Crippen LogP contribution in [-0.2, 0) is 9.47 Å². The quantitative estimate of drug-likeness (QED) is 0.865. The Hall–Kier alpha value is -1.59. The van der Waals surface area contributed by atoms with Crippen LogP contribution in [0.5, 0.6) is 0 Å². The summed E-state index contributed by atoms with van der Waals surface area (Å²) in [7, 11) is 0. The third kappa shape index (κ3) is 2.89. The van der Waals surface area contributed by atoms with Crippen molar-refractivity contribution >= 4 is 11.7 Å². The lowest BCUT2D eigenvalue weighted by Gasteiger charge is -2.37. The number of hydrogen-bond acceptors (Lipinski definition) is 3. The monoisotopic (exact) mass is 290 g/mol. The van der Waals surface area contributed by atoms with Crippen LogP contribution in [0.2, 0.25) is 0 Å². The van der Waals surface area contributed by atoms with E-state index in [2.05, 4.69) is 5.32 Å². The van der Waals surface area contributed by atoms with Crippen molar-refractivity contribution in [3.8, 4) is 0 Å². The molecule has 2 aliphatic heterocycles. The van der Waals surface area contributed by atoms with Gasteiger partial charge in [-0.3, -0.25) is 0 Å². The van der Waals surface area contributed by atoms with Crippen molar-refractivity contribution in [2.45, 2.75) is 32.5 Å². The number of likely N-dealkylation sites (tertiary alicyclic amines) is 1. The van der Waals surface area contributed by atoms with Gasteiger partial charge in [-0.15, -0.1) is 0 Å². The minimum absolute atomic E-state index is 0.0449. The number of amides is 2. The second-order valence-electron chi connectivity index (χ2n) is 5.77. The van der Waals surface area contributed by atoms with Crippen LogP contribution in [0.25, 0.3) is 0 Å². The molecule has 2 aliphatic rings. The zero-order valence-corrected chi connectivity index (χ0v) is 12.6. The molecule has 0 radical (unpaired) electrons. The molecule has 21 heavy (non-hydrogen) atoms. The number of carbonyl (C=O) groups is 1. The topological polar surface area (TPSA) is 50.8 Å². The lowest BCUT2D eigenvalue weighted by atomic mass is 10.0. The predicted octanol–water partition coefficient (Wildman–Crippen LogP) is 2.67. The van der Waals surface area contributed by atoms with Crippen molar-refractivity contribution in [2.24, 2.45) is 0 Å². The number of urea groups is 1. The summed E-state index contributed by atoms with van der Waals surface area (Å²) in [5.41, 5.74) is 3.17. The van der Waals surface area contributed by atoms with Crippen molar-refractivity contribution in [3.63, 3.8) is 0 Å². The summed E-state index contributed by atoms with van der Waals surface area (Å²) in [5.74, 6) is -0.434. The molecule has 114 valence electrons. The third-order valence-electron chi connectivity index (χ3n) is 4.47. The maximum absolute atomic E-state index is 12.4. The Bertz CT molecular complexity index is 528. The highest BCUT2D eigenvalue weighted by Gasteiger charge is 2.40. The van der Waals surface area contributed by atoms with Gasteiger partial charge in [0.2, 0.25) is 0 Å². The average Bonchev–Trinajstić information content (AvgIpc) is 2.93. The number of nitrogens with zero attached hydrogens (tertiary/aromatic N) is 1. The third-order valence-corrected chi connectivity index (χ3v) is 4.47. The van der Waals surface area contributed by atoms with Crippen LogP contribution >= 0.6 is 0 Å². The zero-order chi connectivity index (χ0) is 14.9. The number of ether oxygens (including phenoxy) is 2. The molecule has 5 nitrogen and oxygen atoms in total. The number of benzene rings is 1. The molecule has 0 atom stereocenters. The highest BCUT2D eigenvalue weighted by atomic mass is 16.7. The maximum Gasteiger partial charge on any atom is 0.321 e. The Labute approximate surface area is 125 Å². The molecule has 0 aliphatic carbocycles. The van der Waals surface area contributed by atoms with Gasteiger partial charge in [0, 0.05) is 31.6 Å². The minimum Gasteiger partial charge on any atom is -0.347 e. The zero-order valence-electron chi connectivity index (χ0n) is 12.6. The first-order valence-corrected chi connectivity index (χ1v) is 7.50. The van der Waals surface area contributed by atoms with Crippen LogP contribution in [-0.4, -0.2) is 43.0 Å². The van der Waals surface area contributed by atoms with Gasteiger partial charge in [0.15, 0.2) is 5.79 Å². The van der Waals surface area contributed by atoms with Crippen molar-refractivity contribution < 1.29 is 14.3 Å². The molecule has 1 N–H and O–H groups in total. The summed E-state index contributed by atoms with van der Waals surface area (Å²) in [6.45, 7) is 6.72. The predicted molar refractivity (Wildman–Crippen MR) is 80.4 cm³/mol. The van der Waals surface area contributed by atoms with Gasteiger partial charge in [0.1, 0.15) is 0 Å². The Balaban J connectivity index is 1.60. The van der Waals surface area contributed by atoms with Gasteiger partial charge in [0.25, 0.3) is 0 Å². The van der Waals surface area contributed by atoms with Crippen LogP contribution in [0.15, 0.2) is 18.2 Å². The fourth-order valence-corrected chi connectivity index (χ4v) is 2.92.